The molecule has 7 heteroatoms. The molecule has 0 aliphatic rings. The molecular weight excluding hydrogens is 283 g/mol. The Balaban J connectivity index is 2.95. The molecule has 1 N–H and O–H groups in total. The van der Waals surface area contributed by atoms with E-state index in [4.69, 9.17) is 23.2 Å². The molecule has 17 heavy (non-hydrogen) atoms. The van der Waals surface area contributed by atoms with Crippen LogP contribution in [0, 0.1) is 0 Å². The van der Waals surface area contributed by atoms with Gasteiger partial charge in [-0.2, -0.15) is 17.4 Å². The maximum atomic E-state index is 11.6. The summed E-state index contributed by atoms with van der Waals surface area (Å²) < 4.78 is 26.9. The number of hydrogen-bond acceptors (Lipinski definition) is 2. The van der Waals surface area contributed by atoms with Crippen LogP contribution in [0.2, 0.25) is 10.0 Å². The Kier molecular flexibility index (Phi) is 4.80. The van der Waals surface area contributed by atoms with Gasteiger partial charge < -0.3 is 0 Å². The molecule has 0 radical (unpaired) electrons. The van der Waals surface area contributed by atoms with Crippen molar-refractivity contribution >= 4 is 33.4 Å². The molecule has 0 fully saturated rings. The first-order valence-corrected chi connectivity index (χ1v) is 7.08. The first-order valence-electron chi connectivity index (χ1n) is 4.89. The lowest BCUT2D eigenvalue weighted by Crippen LogP contribution is -2.37. The Hall–Kier alpha value is -0.330. The van der Waals surface area contributed by atoms with E-state index in [-0.39, 0.29) is 0 Å². The van der Waals surface area contributed by atoms with Gasteiger partial charge in [-0.25, -0.2) is 0 Å². The molecule has 0 unspecified atom stereocenters. The van der Waals surface area contributed by atoms with Gasteiger partial charge in [-0.15, -0.1) is 0 Å². The largest absolute Gasteiger partial charge is 0.279 e. The second kappa shape index (κ2) is 5.54. The molecule has 1 rings (SSSR count). The Morgan fingerprint density at radius 1 is 1.29 bits per heavy atom. The summed E-state index contributed by atoms with van der Waals surface area (Å²) in [7, 11) is -0.567. The van der Waals surface area contributed by atoms with Crippen molar-refractivity contribution in [2.75, 3.05) is 14.1 Å². The van der Waals surface area contributed by atoms with Gasteiger partial charge in [0.15, 0.2) is 0 Å². The van der Waals surface area contributed by atoms with Gasteiger partial charge in [-0.05, 0) is 24.6 Å². The van der Waals surface area contributed by atoms with E-state index in [0.29, 0.717) is 15.6 Å². The zero-order valence-corrected chi connectivity index (χ0v) is 12.1. The van der Waals surface area contributed by atoms with Gasteiger partial charge in [0.25, 0.3) is 10.2 Å². The average Bonchev–Trinajstić information content (AvgIpc) is 2.15. The molecule has 0 heterocycles. The minimum atomic E-state index is -3.48. The van der Waals surface area contributed by atoms with Crippen LogP contribution in [0.4, 0.5) is 0 Å². The van der Waals surface area contributed by atoms with Crippen LogP contribution in [0.5, 0.6) is 0 Å². The van der Waals surface area contributed by atoms with Crippen molar-refractivity contribution in [1.82, 2.24) is 9.03 Å². The van der Waals surface area contributed by atoms with Crippen molar-refractivity contribution in [3.63, 3.8) is 0 Å². The molecule has 4 nitrogen and oxygen atoms in total. The molecule has 0 aliphatic heterocycles. The Morgan fingerprint density at radius 3 is 2.35 bits per heavy atom. The fourth-order valence-electron chi connectivity index (χ4n) is 1.24. The number of halogens is 2. The van der Waals surface area contributed by atoms with Gasteiger partial charge in [-0.1, -0.05) is 29.3 Å². The fraction of sp³-hybridized carbons (Fsp3) is 0.400. The van der Waals surface area contributed by atoms with Gasteiger partial charge in [-0.3, -0.25) is 0 Å². The van der Waals surface area contributed by atoms with Crippen molar-refractivity contribution in [2.24, 2.45) is 0 Å². The quantitative estimate of drug-likeness (QED) is 0.928. The van der Waals surface area contributed by atoms with E-state index in [9.17, 15) is 8.42 Å². The highest BCUT2D eigenvalue weighted by molar-refractivity contribution is 7.87. The van der Waals surface area contributed by atoms with E-state index in [2.05, 4.69) is 4.72 Å². The zero-order chi connectivity index (χ0) is 13.2. The standard InChI is InChI=1S/C10H14Cl2N2O2S/c1-7(13-17(15,16)14(2)3)9-5-4-8(11)6-10(9)12/h4-7,13H,1-3H3/t7-/m0/s1. The van der Waals surface area contributed by atoms with Crippen LogP contribution in [0.1, 0.15) is 18.5 Å². The first-order chi connectivity index (χ1) is 7.74. The van der Waals surface area contributed by atoms with Gasteiger partial charge in [0, 0.05) is 30.2 Å². The molecule has 1 aromatic rings. The van der Waals surface area contributed by atoms with Crippen LogP contribution in [0.3, 0.4) is 0 Å². The van der Waals surface area contributed by atoms with Crippen LogP contribution >= 0.6 is 23.2 Å². The minimum absolute atomic E-state index is 0.424. The van der Waals surface area contributed by atoms with Gasteiger partial charge >= 0.3 is 0 Å². The maximum absolute atomic E-state index is 11.6. The number of benzene rings is 1. The highest BCUT2D eigenvalue weighted by atomic mass is 35.5. The highest BCUT2D eigenvalue weighted by Gasteiger charge is 2.19. The summed E-state index contributed by atoms with van der Waals surface area (Å²) in [5.41, 5.74) is 0.682. The van der Waals surface area contributed by atoms with E-state index in [1.54, 1.807) is 25.1 Å². The number of hydrogen-bond donors (Lipinski definition) is 1. The average molecular weight is 297 g/mol. The monoisotopic (exact) mass is 296 g/mol. The number of rotatable bonds is 4. The summed E-state index contributed by atoms with van der Waals surface area (Å²) in [4.78, 5) is 0. The van der Waals surface area contributed by atoms with E-state index < -0.39 is 16.3 Å². The lowest BCUT2D eigenvalue weighted by atomic mass is 10.1. The molecular formula is C10H14Cl2N2O2S. The Bertz CT molecular complexity index is 503. The summed E-state index contributed by atoms with van der Waals surface area (Å²) in [6.07, 6.45) is 0. The third-order valence-electron chi connectivity index (χ3n) is 2.24. The molecule has 96 valence electrons. The summed E-state index contributed by atoms with van der Waals surface area (Å²) in [6.45, 7) is 1.72. The van der Waals surface area contributed by atoms with Crippen LogP contribution < -0.4 is 4.72 Å². The van der Waals surface area contributed by atoms with Crippen LogP contribution in [-0.4, -0.2) is 26.8 Å². The molecule has 0 saturated heterocycles. The van der Waals surface area contributed by atoms with E-state index >= 15 is 0 Å². The second-order valence-electron chi connectivity index (χ2n) is 3.79. The summed E-state index contributed by atoms with van der Waals surface area (Å²) >= 11 is 11.8. The van der Waals surface area contributed by atoms with Crippen LogP contribution in [0.25, 0.3) is 0 Å². The molecule has 0 bridgehead atoms. The number of nitrogens with one attached hydrogen (secondary N) is 1. The van der Waals surface area contributed by atoms with Crippen LogP contribution in [0.15, 0.2) is 18.2 Å². The second-order valence-corrected chi connectivity index (χ2v) is 6.55. The normalized spacial score (nSPS) is 14.0. The highest BCUT2D eigenvalue weighted by Crippen LogP contribution is 2.26. The molecule has 0 saturated carbocycles. The van der Waals surface area contributed by atoms with Gasteiger partial charge in [0.1, 0.15) is 0 Å². The summed E-state index contributed by atoms with van der Waals surface area (Å²) in [5, 5.41) is 0.952. The Labute approximate surface area is 112 Å². The van der Waals surface area contributed by atoms with Gasteiger partial charge in [0.2, 0.25) is 0 Å². The molecule has 0 spiro atoms. The SMILES string of the molecule is C[C@H](NS(=O)(=O)N(C)C)c1ccc(Cl)cc1Cl. The number of nitrogens with zero attached hydrogens (tertiary/aromatic N) is 1. The zero-order valence-electron chi connectivity index (χ0n) is 9.74. The van der Waals surface area contributed by atoms with Crippen LogP contribution in [-0.2, 0) is 10.2 Å². The third kappa shape index (κ3) is 3.82. The predicted octanol–water partition coefficient (Wildman–Crippen LogP) is 2.45. The van der Waals surface area contributed by atoms with Crippen molar-refractivity contribution in [3.05, 3.63) is 33.8 Å². The lowest BCUT2D eigenvalue weighted by Gasteiger charge is -2.19. The maximum Gasteiger partial charge on any atom is 0.279 e. The molecule has 1 atom stereocenters. The van der Waals surface area contributed by atoms with Crippen molar-refractivity contribution in [1.29, 1.82) is 0 Å². The molecule has 1 aromatic carbocycles. The predicted molar refractivity (Wildman–Crippen MR) is 70.6 cm³/mol. The smallest absolute Gasteiger partial charge is 0.195 e. The summed E-state index contributed by atoms with van der Waals surface area (Å²) in [6, 6.07) is 4.53. The summed E-state index contributed by atoms with van der Waals surface area (Å²) in [5.74, 6) is 0. The van der Waals surface area contributed by atoms with E-state index in [0.717, 1.165) is 4.31 Å². The fourth-order valence-corrected chi connectivity index (χ4v) is 2.60. The molecule has 0 amide bonds. The van der Waals surface area contributed by atoms with E-state index in [1.165, 1.54) is 14.1 Å². The van der Waals surface area contributed by atoms with Crippen molar-refractivity contribution in [3.8, 4) is 0 Å². The van der Waals surface area contributed by atoms with Crippen molar-refractivity contribution < 1.29 is 8.42 Å². The molecule has 0 aromatic heterocycles. The lowest BCUT2D eigenvalue weighted by molar-refractivity contribution is 0.494. The third-order valence-corrected chi connectivity index (χ3v) is 4.41. The topological polar surface area (TPSA) is 49.4 Å². The molecule has 0 aliphatic carbocycles. The van der Waals surface area contributed by atoms with Gasteiger partial charge in [0.05, 0.1) is 0 Å². The van der Waals surface area contributed by atoms with E-state index in [1.807, 2.05) is 0 Å². The van der Waals surface area contributed by atoms with Crippen molar-refractivity contribution in [2.45, 2.75) is 13.0 Å². The first kappa shape index (κ1) is 14.7. The minimum Gasteiger partial charge on any atom is -0.195 e. The Morgan fingerprint density at radius 2 is 1.88 bits per heavy atom.